The van der Waals surface area contributed by atoms with Crippen LogP contribution in [0, 0.1) is 23.5 Å². The second-order valence-electron chi connectivity index (χ2n) is 6.19. The van der Waals surface area contributed by atoms with Crippen LogP contribution in [0.15, 0.2) is 18.2 Å². The minimum absolute atomic E-state index is 0.107. The molecule has 1 aliphatic rings. The van der Waals surface area contributed by atoms with E-state index in [9.17, 15) is 13.6 Å². The fourth-order valence-electron chi connectivity index (χ4n) is 3.02. The molecule has 1 N–H and O–H groups in total. The first-order valence-corrected chi connectivity index (χ1v) is 7.36. The third-order valence-corrected chi connectivity index (χ3v) is 4.01. The minimum Gasteiger partial charge on any atom is -0.322 e. The van der Waals surface area contributed by atoms with Gasteiger partial charge in [0.2, 0.25) is 5.91 Å². The van der Waals surface area contributed by atoms with Crippen molar-refractivity contribution < 1.29 is 13.6 Å². The zero-order valence-corrected chi connectivity index (χ0v) is 12.7. The highest BCUT2D eigenvalue weighted by Gasteiger charge is 2.29. The van der Waals surface area contributed by atoms with Gasteiger partial charge in [0.25, 0.3) is 0 Å². The number of likely N-dealkylation sites (tertiary alicyclic amines) is 1. The van der Waals surface area contributed by atoms with Crippen molar-refractivity contribution in [1.29, 1.82) is 0 Å². The summed E-state index contributed by atoms with van der Waals surface area (Å²) in [5.41, 5.74) is -0.107. The summed E-state index contributed by atoms with van der Waals surface area (Å²) >= 11 is 0. The Morgan fingerprint density at radius 3 is 2.52 bits per heavy atom. The molecule has 1 heterocycles. The van der Waals surface area contributed by atoms with Gasteiger partial charge in [0.15, 0.2) is 0 Å². The van der Waals surface area contributed by atoms with Crippen molar-refractivity contribution in [2.24, 2.45) is 11.8 Å². The number of carbonyl (C=O) groups is 1. The number of anilines is 1. The molecule has 3 atom stereocenters. The van der Waals surface area contributed by atoms with E-state index < -0.39 is 11.6 Å². The third-order valence-electron chi connectivity index (χ3n) is 4.01. The Labute approximate surface area is 124 Å². The third kappa shape index (κ3) is 4.00. The number of benzene rings is 1. The van der Waals surface area contributed by atoms with Gasteiger partial charge in [-0.05, 0) is 37.3 Å². The average Bonchev–Trinajstić information content (AvgIpc) is 2.41. The lowest BCUT2D eigenvalue weighted by Gasteiger charge is -2.38. The highest BCUT2D eigenvalue weighted by atomic mass is 19.1. The number of hydrogen-bond donors (Lipinski definition) is 1. The van der Waals surface area contributed by atoms with E-state index >= 15 is 0 Å². The molecule has 21 heavy (non-hydrogen) atoms. The van der Waals surface area contributed by atoms with Crippen LogP contribution in [-0.4, -0.2) is 29.9 Å². The van der Waals surface area contributed by atoms with Crippen LogP contribution in [0.5, 0.6) is 0 Å². The molecule has 1 aromatic carbocycles. The van der Waals surface area contributed by atoms with E-state index in [4.69, 9.17) is 0 Å². The average molecular weight is 296 g/mol. The summed E-state index contributed by atoms with van der Waals surface area (Å²) in [7, 11) is 0. The molecule has 0 saturated carbocycles. The number of hydrogen-bond acceptors (Lipinski definition) is 2. The number of halogens is 2. The minimum atomic E-state index is -0.627. The van der Waals surface area contributed by atoms with Crippen LogP contribution >= 0.6 is 0 Å². The Bertz CT molecular complexity index is 511. The zero-order chi connectivity index (χ0) is 15.6. The largest absolute Gasteiger partial charge is 0.322 e. The van der Waals surface area contributed by atoms with Crippen LogP contribution in [-0.2, 0) is 4.79 Å². The lowest BCUT2D eigenvalue weighted by atomic mass is 9.91. The summed E-state index contributed by atoms with van der Waals surface area (Å²) in [5, 5.41) is 2.48. The van der Waals surface area contributed by atoms with E-state index in [1.54, 1.807) is 6.92 Å². The van der Waals surface area contributed by atoms with Gasteiger partial charge >= 0.3 is 0 Å². The van der Waals surface area contributed by atoms with Gasteiger partial charge in [0.05, 0.1) is 11.7 Å². The van der Waals surface area contributed by atoms with E-state index in [0.717, 1.165) is 37.7 Å². The van der Waals surface area contributed by atoms with Crippen LogP contribution in [0.25, 0.3) is 0 Å². The molecule has 1 fully saturated rings. The number of piperidine rings is 1. The maximum Gasteiger partial charge on any atom is 0.241 e. The summed E-state index contributed by atoms with van der Waals surface area (Å²) in [5.74, 6) is -0.428. The van der Waals surface area contributed by atoms with E-state index in [0.29, 0.717) is 11.8 Å². The summed E-state index contributed by atoms with van der Waals surface area (Å²) in [6, 6.07) is 2.68. The van der Waals surface area contributed by atoms with Gasteiger partial charge in [-0.3, -0.25) is 9.69 Å². The Hall–Kier alpha value is -1.49. The molecular weight excluding hydrogens is 274 g/mol. The second-order valence-corrected chi connectivity index (χ2v) is 6.19. The maximum atomic E-state index is 13.6. The van der Waals surface area contributed by atoms with Crippen molar-refractivity contribution in [2.75, 3.05) is 18.4 Å². The predicted octanol–water partition coefficient (Wildman–Crippen LogP) is 3.27. The fraction of sp³-hybridized carbons (Fsp3) is 0.562. The van der Waals surface area contributed by atoms with Crippen LogP contribution in [0.3, 0.4) is 0 Å². The molecule has 1 saturated heterocycles. The molecule has 1 aliphatic heterocycles. The molecule has 1 aromatic rings. The molecular formula is C16H22F2N2O. The van der Waals surface area contributed by atoms with Crippen molar-refractivity contribution in [1.82, 2.24) is 4.90 Å². The maximum absolute atomic E-state index is 13.6. The van der Waals surface area contributed by atoms with E-state index in [1.165, 1.54) is 0 Å². The topological polar surface area (TPSA) is 32.3 Å². The van der Waals surface area contributed by atoms with Crippen LogP contribution in [0.1, 0.15) is 27.2 Å². The van der Waals surface area contributed by atoms with Gasteiger partial charge in [0.1, 0.15) is 11.6 Å². The Morgan fingerprint density at radius 2 is 1.90 bits per heavy atom. The highest BCUT2D eigenvalue weighted by Crippen LogP contribution is 2.23. The van der Waals surface area contributed by atoms with Crippen LogP contribution in [0.2, 0.25) is 0 Å². The van der Waals surface area contributed by atoms with E-state index in [1.807, 2.05) is 0 Å². The zero-order valence-electron chi connectivity index (χ0n) is 12.7. The Morgan fingerprint density at radius 1 is 1.29 bits per heavy atom. The van der Waals surface area contributed by atoms with Gasteiger partial charge in [-0.1, -0.05) is 13.8 Å². The van der Waals surface area contributed by atoms with E-state index in [-0.39, 0.29) is 17.6 Å². The van der Waals surface area contributed by atoms with Gasteiger partial charge < -0.3 is 5.32 Å². The number of rotatable bonds is 3. The fourth-order valence-corrected chi connectivity index (χ4v) is 3.02. The van der Waals surface area contributed by atoms with Crippen LogP contribution in [0.4, 0.5) is 14.5 Å². The summed E-state index contributed by atoms with van der Waals surface area (Å²) < 4.78 is 26.7. The normalized spacial score (nSPS) is 24.6. The SMILES string of the molecule is C[C@@H]1C[C@H](C)CN([C@@H](C)C(=O)Nc2cc(F)ccc2F)C1. The van der Waals surface area contributed by atoms with E-state index in [2.05, 4.69) is 24.1 Å². The summed E-state index contributed by atoms with van der Waals surface area (Å²) in [4.78, 5) is 14.3. The van der Waals surface area contributed by atoms with Crippen molar-refractivity contribution in [2.45, 2.75) is 33.2 Å². The Balaban J connectivity index is 2.04. The van der Waals surface area contributed by atoms with Crippen molar-refractivity contribution in [3.63, 3.8) is 0 Å². The molecule has 2 rings (SSSR count). The predicted molar refractivity (Wildman–Crippen MR) is 79.0 cm³/mol. The van der Waals surface area contributed by atoms with Crippen LogP contribution < -0.4 is 5.32 Å². The van der Waals surface area contributed by atoms with Gasteiger partial charge in [-0.25, -0.2) is 8.78 Å². The molecule has 0 bridgehead atoms. The summed E-state index contributed by atoms with van der Waals surface area (Å²) in [6.45, 7) is 7.84. The molecule has 3 nitrogen and oxygen atoms in total. The standard InChI is InChI=1S/C16H22F2N2O/c1-10-6-11(2)9-20(8-10)12(3)16(21)19-15-7-13(17)4-5-14(15)18/h4-5,7,10-12H,6,8-9H2,1-3H3,(H,19,21)/t10-,11+,12-/m0/s1. The first-order valence-electron chi connectivity index (χ1n) is 7.36. The molecule has 116 valence electrons. The van der Waals surface area contributed by atoms with Crippen molar-refractivity contribution >= 4 is 11.6 Å². The van der Waals surface area contributed by atoms with Gasteiger partial charge in [-0.15, -0.1) is 0 Å². The van der Waals surface area contributed by atoms with Gasteiger partial charge in [0, 0.05) is 19.2 Å². The lowest BCUT2D eigenvalue weighted by Crippen LogP contribution is -2.48. The van der Waals surface area contributed by atoms with Gasteiger partial charge in [-0.2, -0.15) is 0 Å². The molecule has 0 spiro atoms. The number of carbonyl (C=O) groups excluding carboxylic acids is 1. The number of amides is 1. The number of nitrogens with one attached hydrogen (secondary N) is 1. The molecule has 5 heteroatoms. The lowest BCUT2D eigenvalue weighted by molar-refractivity contribution is -0.121. The highest BCUT2D eigenvalue weighted by molar-refractivity contribution is 5.94. The molecule has 1 amide bonds. The van der Waals surface area contributed by atoms with Crippen molar-refractivity contribution in [3.8, 4) is 0 Å². The smallest absolute Gasteiger partial charge is 0.241 e. The monoisotopic (exact) mass is 296 g/mol. The first kappa shape index (κ1) is 15.9. The summed E-state index contributed by atoms with van der Waals surface area (Å²) in [6.07, 6.45) is 1.16. The quantitative estimate of drug-likeness (QED) is 0.928. The van der Waals surface area contributed by atoms with Crippen molar-refractivity contribution in [3.05, 3.63) is 29.8 Å². The first-order chi connectivity index (χ1) is 9.86. The molecule has 0 radical (unpaired) electrons. The Kier molecular flexibility index (Phi) is 4.93. The number of nitrogens with zero attached hydrogens (tertiary/aromatic N) is 1. The molecule has 0 aromatic heterocycles. The molecule has 0 aliphatic carbocycles. The molecule has 0 unspecified atom stereocenters. The second kappa shape index (κ2) is 6.52.